The lowest BCUT2D eigenvalue weighted by atomic mass is 10.1. The summed E-state index contributed by atoms with van der Waals surface area (Å²) >= 11 is 0. The van der Waals surface area contributed by atoms with Crippen LogP contribution in [0.25, 0.3) is 0 Å². The maximum absolute atomic E-state index is 12.9. The zero-order chi connectivity index (χ0) is 22.5. The van der Waals surface area contributed by atoms with Crippen LogP contribution in [0.1, 0.15) is 31.1 Å². The Hall–Kier alpha value is -3.07. The Morgan fingerprint density at radius 2 is 1.70 bits per heavy atom. The summed E-state index contributed by atoms with van der Waals surface area (Å²) in [7, 11) is -2.31. The van der Waals surface area contributed by atoms with E-state index in [0.29, 0.717) is 22.7 Å². The summed E-state index contributed by atoms with van der Waals surface area (Å²) in [5.41, 5.74) is 0.885. The largest absolute Gasteiger partial charge is 0.497 e. The van der Waals surface area contributed by atoms with Gasteiger partial charge in [0.25, 0.3) is 5.91 Å². The molecule has 2 aromatic rings. The van der Waals surface area contributed by atoms with Crippen molar-refractivity contribution in [3.05, 3.63) is 54.1 Å². The van der Waals surface area contributed by atoms with Crippen LogP contribution in [-0.4, -0.2) is 45.7 Å². The Bertz CT molecular complexity index is 1020. The molecule has 2 N–H and O–H groups in total. The molecule has 2 amide bonds. The molecule has 9 heteroatoms. The van der Waals surface area contributed by atoms with Gasteiger partial charge in [-0.3, -0.25) is 13.9 Å². The first-order valence-electron chi connectivity index (χ1n) is 9.38. The van der Waals surface area contributed by atoms with Gasteiger partial charge in [0.05, 0.1) is 30.3 Å². The molecule has 0 saturated heterocycles. The molecule has 0 spiro atoms. The topological polar surface area (TPSA) is 105 Å². The molecule has 0 aliphatic heterocycles. The van der Waals surface area contributed by atoms with Crippen molar-refractivity contribution in [2.24, 2.45) is 0 Å². The number of amides is 2. The number of ether oxygens (including phenoxy) is 1. The number of para-hydroxylation sites is 1. The van der Waals surface area contributed by atoms with Crippen LogP contribution in [0.5, 0.6) is 5.75 Å². The second kappa shape index (κ2) is 9.62. The summed E-state index contributed by atoms with van der Waals surface area (Å²) in [6.45, 7) is 5.14. The highest BCUT2D eigenvalue weighted by atomic mass is 32.2. The van der Waals surface area contributed by atoms with Gasteiger partial charge in [-0.2, -0.15) is 0 Å². The highest BCUT2D eigenvalue weighted by Gasteiger charge is 2.30. The molecule has 0 aromatic heterocycles. The minimum Gasteiger partial charge on any atom is -0.497 e. The van der Waals surface area contributed by atoms with Crippen LogP contribution in [-0.2, 0) is 14.8 Å². The molecule has 2 rings (SSSR count). The van der Waals surface area contributed by atoms with Crippen LogP contribution in [0.4, 0.5) is 11.4 Å². The predicted octanol–water partition coefficient (Wildman–Crippen LogP) is 2.63. The molecule has 0 saturated carbocycles. The third-order valence-electron chi connectivity index (χ3n) is 4.25. The zero-order valence-electron chi connectivity index (χ0n) is 17.7. The van der Waals surface area contributed by atoms with Crippen LogP contribution in [0.3, 0.4) is 0 Å². The summed E-state index contributed by atoms with van der Waals surface area (Å²) in [5, 5.41) is 5.46. The minimum absolute atomic E-state index is 0.0750. The minimum atomic E-state index is -3.78. The van der Waals surface area contributed by atoms with Gasteiger partial charge in [0.2, 0.25) is 15.9 Å². The van der Waals surface area contributed by atoms with E-state index in [1.165, 1.54) is 20.1 Å². The lowest BCUT2D eigenvalue weighted by molar-refractivity contribution is -0.116. The summed E-state index contributed by atoms with van der Waals surface area (Å²) in [6.07, 6.45) is 1.03. The van der Waals surface area contributed by atoms with Gasteiger partial charge in [0.1, 0.15) is 11.8 Å². The number of carbonyl (C=O) groups is 2. The van der Waals surface area contributed by atoms with Crippen molar-refractivity contribution >= 4 is 33.2 Å². The summed E-state index contributed by atoms with van der Waals surface area (Å²) in [4.78, 5) is 25.4. The van der Waals surface area contributed by atoms with E-state index < -0.39 is 22.0 Å². The molecule has 0 aliphatic carbocycles. The number of anilines is 2. The van der Waals surface area contributed by atoms with E-state index in [9.17, 15) is 18.0 Å². The predicted molar refractivity (Wildman–Crippen MR) is 117 cm³/mol. The fraction of sp³-hybridized carbons (Fsp3) is 0.333. The molecule has 2 aromatic carbocycles. The molecule has 0 heterocycles. The Labute approximate surface area is 177 Å². The van der Waals surface area contributed by atoms with Crippen LogP contribution in [0, 0.1) is 0 Å². The normalized spacial score (nSPS) is 12.2. The Kier molecular flexibility index (Phi) is 7.44. The number of benzene rings is 2. The summed E-state index contributed by atoms with van der Waals surface area (Å²) in [6, 6.07) is 11.8. The standard InChI is InChI=1S/C21H27N3O5S/c1-14(2)22-21(26)18-11-6-7-12-19(18)23-20(25)15(3)24(30(5,27)28)16-9-8-10-17(13-16)29-4/h6-15H,1-5H3,(H,22,26)(H,23,25)/t15-/m0/s1. The van der Waals surface area contributed by atoms with Gasteiger partial charge in [-0.25, -0.2) is 8.42 Å². The van der Waals surface area contributed by atoms with Crippen LogP contribution in [0.2, 0.25) is 0 Å². The third-order valence-corrected chi connectivity index (χ3v) is 5.49. The molecule has 162 valence electrons. The van der Waals surface area contributed by atoms with Crippen LogP contribution < -0.4 is 19.7 Å². The maximum Gasteiger partial charge on any atom is 0.253 e. The molecular weight excluding hydrogens is 406 g/mol. The molecule has 0 radical (unpaired) electrons. The molecule has 8 nitrogen and oxygen atoms in total. The fourth-order valence-electron chi connectivity index (χ4n) is 2.92. The number of carbonyl (C=O) groups excluding carboxylic acids is 2. The van der Waals surface area contributed by atoms with Crippen molar-refractivity contribution in [3.8, 4) is 5.75 Å². The zero-order valence-corrected chi connectivity index (χ0v) is 18.5. The molecule has 1 atom stereocenters. The smallest absolute Gasteiger partial charge is 0.253 e. The van der Waals surface area contributed by atoms with Crippen LogP contribution >= 0.6 is 0 Å². The number of hydrogen-bond acceptors (Lipinski definition) is 5. The van der Waals surface area contributed by atoms with E-state index in [1.54, 1.807) is 42.5 Å². The first-order valence-corrected chi connectivity index (χ1v) is 11.2. The first-order chi connectivity index (χ1) is 14.0. The van der Waals surface area contributed by atoms with E-state index >= 15 is 0 Å². The first kappa shape index (κ1) is 23.2. The molecule has 0 bridgehead atoms. The average molecular weight is 434 g/mol. The molecule has 30 heavy (non-hydrogen) atoms. The molecule has 0 fully saturated rings. The highest BCUT2D eigenvalue weighted by Crippen LogP contribution is 2.26. The Balaban J connectivity index is 2.34. The number of methoxy groups -OCH3 is 1. The van der Waals surface area contributed by atoms with E-state index in [2.05, 4.69) is 10.6 Å². The second-order valence-electron chi connectivity index (χ2n) is 7.10. The van der Waals surface area contributed by atoms with E-state index in [1.807, 2.05) is 13.8 Å². The lowest BCUT2D eigenvalue weighted by Gasteiger charge is -2.28. The van der Waals surface area contributed by atoms with Gasteiger partial charge >= 0.3 is 0 Å². The maximum atomic E-state index is 12.9. The van der Waals surface area contributed by atoms with Crippen molar-refractivity contribution in [2.75, 3.05) is 23.0 Å². The Morgan fingerprint density at radius 3 is 2.30 bits per heavy atom. The summed E-state index contributed by atoms with van der Waals surface area (Å²) in [5.74, 6) is -0.446. The van der Waals surface area contributed by atoms with Crippen LogP contribution in [0.15, 0.2) is 48.5 Å². The average Bonchev–Trinajstić information content (AvgIpc) is 2.67. The molecule has 0 unspecified atom stereocenters. The van der Waals surface area contributed by atoms with Gasteiger partial charge in [-0.15, -0.1) is 0 Å². The van der Waals surface area contributed by atoms with Gasteiger partial charge in [0, 0.05) is 12.1 Å². The van der Waals surface area contributed by atoms with Gasteiger partial charge in [-0.05, 0) is 45.0 Å². The molecular formula is C21H27N3O5S. The Morgan fingerprint density at radius 1 is 1.03 bits per heavy atom. The number of sulfonamides is 1. The quantitative estimate of drug-likeness (QED) is 0.666. The highest BCUT2D eigenvalue weighted by molar-refractivity contribution is 7.92. The second-order valence-corrected chi connectivity index (χ2v) is 8.96. The molecule has 0 aliphatic rings. The van der Waals surface area contributed by atoms with Gasteiger partial charge in [0.15, 0.2) is 0 Å². The number of hydrogen-bond donors (Lipinski definition) is 2. The van der Waals surface area contributed by atoms with Gasteiger partial charge < -0.3 is 15.4 Å². The van der Waals surface area contributed by atoms with Crippen molar-refractivity contribution in [3.63, 3.8) is 0 Å². The SMILES string of the molecule is COc1cccc(N([C@@H](C)C(=O)Nc2ccccc2C(=O)NC(C)C)S(C)(=O)=O)c1. The van der Waals surface area contributed by atoms with E-state index in [4.69, 9.17) is 4.74 Å². The van der Waals surface area contributed by atoms with Crippen molar-refractivity contribution in [2.45, 2.75) is 32.9 Å². The fourth-order valence-corrected chi connectivity index (χ4v) is 4.09. The van der Waals surface area contributed by atoms with Crippen molar-refractivity contribution < 1.29 is 22.7 Å². The third kappa shape index (κ3) is 5.73. The van der Waals surface area contributed by atoms with Gasteiger partial charge in [-0.1, -0.05) is 18.2 Å². The number of rotatable bonds is 8. The number of nitrogens with zero attached hydrogens (tertiary/aromatic N) is 1. The van der Waals surface area contributed by atoms with E-state index in [0.717, 1.165) is 10.6 Å². The summed E-state index contributed by atoms with van der Waals surface area (Å²) < 4.78 is 31.1. The lowest BCUT2D eigenvalue weighted by Crippen LogP contribution is -2.45. The van der Waals surface area contributed by atoms with E-state index in [-0.39, 0.29) is 11.9 Å². The van der Waals surface area contributed by atoms with Crippen molar-refractivity contribution in [1.82, 2.24) is 5.32 Å². The number of nitrogens with one attached hydrogen (secondary N) is 2. The van der Waals surface area contributed by atoms with Crippen molar-refractivity contribution in [1.29, 1.82) is 0 Å². The monoisotopic (exact) mass is 433 g/mol.